The zero-order valence-electron chi connectivity index (χ0n) is 8.64. The van der Waals surface area contributed by atoms with E-state index in [1.165, 1.54) is 6.20 Å². The van der Waals surface area contributed by atoms with Gasteiger partial charge in [0.25, 0.3) is 0 Å². The second-order valence-corrected chi connectivity index (χ2v) is 3.88. The fourth-order valence-corrected chi connectivity index (χ4v) is 1.42. The Labute approximate surface area is 108 Å². The molecule has 0 amide bonds. The first-order valence-corrected chi connectivity index (χ1v) is 5.54. The lowest BCUT2D eigenvalue weighted by molar-refractivity contribution is 1.03. The number of hydrazone groups is 1. The molecule has 4 nitrogen and oxygen atoms in total. The highest BCUT2D eigenvalue weighted by Crippen LogP contribution is 2.26. The summed E-state index contributed by atoms with van der Waals surface area (Å²) in [6.07, 6.45) is 3.13. The van der Waals surface area contributed by atoms with E-state index < -0.39 is 0 Å². The molecule has 0 saturated heterocycles. The van der Waals surface area contributed by atoms with Gasteiger partial charge in [0.05, 0.1) is 18.1 Å². The second kappa shape index (κ2) is 5.61. The van der Waals surface area contributed by atoms with Gasteiger partial charge in [-0.15, -0.1) is 5.10 Å². The Morgan fingerprint density at radius 1 is 1.18 bits per heavy atom. The highest BCUT2D eigenvalue weighted by Gasteiger charge is 2.04. The number of rotatable bonds is 3. The minimum atomic E-state index is 0.145. The van der Waals surface area contributed by atoms with Crippen molar-refractivity contribution in [2.75, 3.05) is 5.43 Å². The van der Waals surface area contributed by atoms with E-state index in [-0.39, 0.29) is 5.15 Å². The molecule has 0 bridgehead atoms. The predicted octanol–water partition coefficient (Wildman–Crippen LogP) is 3.23. The zero-order chi connectivity index (χ0) is 12.1. The number of hydrogen-bond donors (Lipinski definition) is 1. The van der Waals surface area contributed by atoms with E-state index in [1.54, 1.807) is 6.21 Å². The Hall–Kier alpha value is -1.65. The summed E-state index contributed by atoms with van der Waals surface area (Å²) in [6.45, 7) is 0. The summed E-state index contributed by atoms with van der Waals surface area (Å²) in [5, 5.41) is 11.7. The van der Waals surface area contributed by atoms with E-state index in [4.69, 9.17) is 23.2 Å². The summed E-state index contributed by atoms with van der Waals surface area (Å²) in [6, 6.07) is 9.67. The standard InChI is InChI=1S/C11H8Cl2N4/c12-10-9(7-15-17-11(10)13)16-14-6-8-4-2-1-3-5-8/h1-7H,(H,16,17). The largest absolute Gasteiger partial charge is 0.275 e. The van der Waals surface area contributed by atoms with Gasteiger partial charge in [-0.25, -0.2) is 0 Å². The van der Waals surface area contributed by atoms with Crippen LogP contribution in [0.25, 0.3) is 0 Å². The molecular weight excluding hydrogens is 259 g/mol. The van der Waals surface area contributed by atoms with Crippen molar-refractivity contribution in [2.45, 2.75) is 0 Å². The van der Waals surface area contributed by atoms with Crippen LogP contribution in [0.3, 0.4) is 0 Å². The average Bonchev–Trinajstić information content (AvgIpc) is 2.36. The fourth-order valence-electron chi connectivity index (χ4n) is 1.14. The summed E-state index contributed by atoms with van der Waals surface area (Å²) in [5.74, 6) is 0. The van der Waals surface area contributed by atoms with Crippen LogP contribution in [0, 0.1) is 0 Å². The van der Waals surface area contributed by atoms with Gasteiger partial charge >= 0.3 is 0 Å². The maximum Gasteiger partial charge on any atom is 0.172 e. The van der Waals surface area contributed by atoms with Crippen LogP contribution in [0.4, 0.5) is 5.69 Å². The average molecular weight is 267 g/mol. The highest BCUT2D eigenvalue weighted by molar-refractivity contribution is 6.42. The molecule has 6 heteroatoms. The minimum absolute atomic E-state index is 0.145. The molecule has 2 aromatic rings. The molecule has 0 fully saturated rings. The van der Waals surface area contributed by atoms with Gasteiger partial charge in [-0.3, -0.25) is 5.43 Å². The number of halogens is 2. The maximum atomic E-state index is 5.90. The third-order valence-electron chi connectivity index (χ3n) is 1.95. The summed E-state index contributed by atoms with van der Waals surface area (Å²) >= 11 is 11.6. The van der Waals surface area contributed by atoms with Gasteiger partial charge < -0.3 is 0 Å². The lowest BCUT2D eigenvalue weighted by Gasteiger charge is -2.02. The molecular formula is C11H8Cl2N4. The molecule has 0 spiro atoms. The summed E-state index contributed by atoms with van der Waals surface area (Å²) in [4.78, 5) is 0. The highest BCUT2D eigenvalue weighted by atomic mass is 35.5. The van der Waals surface area contributed by atoms with Crippen LogP contribution in [0.5, 0.6) is 0 Å². The number of nitrogens with zero attached hydrogens (tertiary/aromatic N) is 3. The number of hydrogen-bond acceptors (Lipinski definition) is 4. The van der Waals surface area contributed by atoms with E-state index in [2.05, 4.69) is 20.7 Å². The molecule has 0 unspecified atom stereocenters. The van der Waals surface area contributed by atoms with E-state index in [0.29, 0.717) is 10.7 Å². The SMILES string of the molecule is Clc1nncc(NN=Cc2ccccc2)c1Cl. The minimum Gasteiger partial charge on any atom is -0.275 e. The van der Waals surface area contributed by atoms with Gasteiger partial charge in [-0.2, -0.15) is 10.2 Å². The van der Waals surface area contributed by atoms with Crippen LogP contribution in [0.2, 0.25) is 10.2 Å². The molecule has 0 aliphatic rings. The van der Waals surface area contributed by atoms with Crippen molar-refractivity contribution in [1.29, 1.82) is 0 Å². The molecule has 0 atom stereocenters. The van der Waals surface area contributed by atoms with Crippen LogP contribution in [-0.2, 0) is 0 Å². The van der Waals surface area contributed by atoms with Crippen molar-refractivity contribution >= 4 is 35.1 Å². The molecule has 2 rings (SSSR count). The molecule has 0 saturated carbocycles. The number of benzene rings is 1. The third-order valence-corrected chi connectivity index (χ3v) is 2.69. The molecule has 0 radical (unpaired) electrons. The second-order valence-electron chi connectivity index (χ2n) is 3.14. The van der Waals surface area contributed by atoms with Crippen LogP contribution in [0.15, 0.2) is 41.6 Å². The first-order chi connectivity index (χ1) is 8.27. The molecule has 86 valence electrons. The summed E-state index contributed by atoms with van der Waals surface area (Å²) in [7, 11) is 0. The Morgan fingerprint density at radius 2 is 1.94 bits per heavy atom. The molecule has 1 N–H and O–H groups in total. The van der Waals surface area contributed by atoms with Gasteiger partial charge in [-0.05, 0) is 5.56 Å². The number of aromatic nitrogens is 2. The van der Waals surface area contributed by atoms with Crippen molar-refractivity contribution in [3.05, 3.63) is 52.3 Å². The van der Waals surface area contributed by atoms with Gasteiger partial charge in [0.15, 0.2) is 5.15 Å². The van der Waals surface area contributed by atoms with Crippen LogP contribution in [-0.4, -0.2) is 16.4 Å². The van der Waals surface area contributed by atoms with Gasteiger partial charge in [-0.1, -0.05) is 53.5 Å². The number of nitrogens with one attached hydrogen (secondary N) is 1. The molecule has 0 aliphatic carbocycles. The Kier molecular flexibility index (Phi) is 3.90. The number of anilines is 1. The Morgan fingerprint density at radius 3 is 2.71 bits per heavy atom. The van der Waals surface area contributed by atoms with E-state index in [1.807, 2.05) is 30.3 Å². The first-order valence-electron chi connectivity index (χ1n) is 4.78. The predicted molar refractivity (Wildman–Crippen MR) is 69.7 cm³/mol. The van der Waals surface area contributed by atoms with Crippen molar-refractivity contribution in [3.8, 4) is 0 Å². The first kappa shape index (κ1) is 11.8. The van der Waals surface area contributed by atoms with Gasteiger partial charge in [0, 0.05) is 0 Å². The topological polar surface area (TPSA) is 50.2 Å². The van der Waals surface area contributed by atoms with Crippen LogP contribution in [0.1, 0.15) is 5.56 Å². The van der Waals surface area contributed by atoms with E-state index in [9.17, 15) is 0 Å². The molecule has 0 aliphatic heterocycles. The molecule has 1 aromatic carbocycles. The third kappa shape index (κ3) is 3.15. The molecule has 1 aromatic heterocycles. The lowest BCUT2D eigenvalue weighted by atomic mass is 10.2. The van der Waals surface area contributed by atoms with Crippen LogP contribution < -0.4 is 5.43 Å². The van der Waals surface area contributed by atoms with Crippen LogP contribution >= 0.6 is 23.2 Å². The lowest BCUT2D eigenvalue weighted by Crippen LogP contribution is -1.94. The van der Waals surface area contributed by atoms with Crippen molar-refractivity contribution in [1.82, 2.24) is 10.2 Å². The van der Waals surface area contributed by atoms with E-state index in [0.717, 1.165) is 5.56 Å². The van der Waals surface area contributed by atoms with E-state index >= 15 is 0 Å². The summed E-state index contributed by atoms with van der Waals surface area (Å²) in [5.41, 5.74) is 4.24. The smallest absolute Gasteiger partial charge is 0.172 e. The van der Waals surface area contributed by atoms with Crippen molar-refractivity contribution in [3.63, 3.8) is 0 Å². The van der Waals surface area contributed by atoms with Gasteiger partial charge in [0.2, 0.25) is 0 Å². The summed E-state index contributed by atoms with van der Waals surface area (Å²) < 4.78 is 0. The Bertz CT molecular complexity index is 528. The molecule has 1 heterocycles. The monoisotopic (exact) mass is 266 g/mol. The Balaban J connectivity index is 2.08. The molecule has 17 heavy (non-hydrogen) atoms. The van der Waals surface area contributed by atoms with Crippen molar-refractivity contribution in [2.24, 2.45) is 5.10 Å². The van der Waals surface area contributed by atoms with Gasteiger partial charge in [0.1, 0.15) is 5.02 Å². The van der Waals surface area contributed by atoms with Crippen molar-refractivity contribution < 1.29 is 0 Å². The quantitative estimate of drug-likeness (QED) is 0.686. The maximum absolute atomic E-state index is 5.90. The fraction of sp³-hybridized carbons (Fsp3) is 0. The normalized spacial score (nSPS) is 10.7. The zero-order valence-corrected chi connectivity index (χ0v) is 10.2.